The standard InChI is InChI=1S/C21H19NO4/c1-12-8-10-13(11-9-12)22-18(23)16-17(21(2,3)20(22)25)14-6-4-5-7-15(14)26-19(16)24/h4-11,16-17H,1-3H3/t16-,17-/m1/s1. The average molecular weight is 349 g/mol. The lowest BCUT2D eigenvalue weighted by molar-refractivity contribution is -0.154. The molecule has 2 aliphatic heterocycles. The molecule has 0 bridgehead atoms. The summed E-state index contributed by atoms with van der Waals surface area (Å²) in [4.78, 5) is 40.2. The smallest absolute Gasteiger partial charge is 0.324 e. The molecule has 4 rings (SSSR count). The number of fused-ring (bicyclic) bond motifs is 3. The zero-order chi connectivity index (χ0) is 18.6. The molecule has 0 N–H and O–H groups in total. The van der Waals surface area contributed by atoms with Crippen molar-refractivity contribution in [2.24, 2.45) is 11.3 Å². The molecule has 2 heterocycles. The van der Waals surface area contributed by atoms with E-state index < -0.39 is 29.1 Å². The lowest BCUT2D eigenvalue weighted by Gasteiger charge is -2.47. The van der Waals surface area contributed by atoms with E-state index in [-0.39, 0.29) is 5.91 Å². The summed E-state index contributed by atoms with van der Waals surface area (Å²) in [5, 5.41) is 0. The number of esters is 1. The van der Waals surface area contributed by atoms with Crippen LogP contribution in [0.5, 0.6) is 5.75 Å². The number of para-hydroxylation sites is 1. The summed E-state index contributed by atoms with van der Waals surface area (Å²) in [7, 11) is 0. The highest BCUT2D eigenvalue weighted by molar-refractivity contribution is 6.24. The second-order valence-corrected chi connectivity index (χ2v) is 7.45. The number of carbonyl (C=O) groups excluding carboxylic acids is 3. The zero-order valence-corrected chi connectivity index (χ0v) is 14.9. The van der Waals surface area contributed by atoms with Crippen LogP contribution in [0.3, 0.4) is 0 Å². The Morgan fingerprint density at radius 3 is 2.31 bits per heavy atom. The number of rotatable bonds is 1. The molecule has 5 nitrogen and oxygen atoms in total. The van der Waals surface area contributed by atoms with Crippen LogP contribution in [0.2, 0.25) is 0 Å². The Bertz CT molecular complexity index is 929. The van der Waals surface area contributed by atoms with Gasteiger partial charge in [0.2, 0.25) is 11.8 Å². The predicted molar refractivity (Wildman–Crippen MR) is 95.8 cm³/mol. The maximum atomic E-state index is 13.3. The fourth-order valence-electron chi connectivity index (χ4n) is 3.97. The van der Waals surface area contributed by atoms with Gasteiger partial charge in [0.25, 0.3) is 0 Å². The largest absolute Gasteiger partial charge is 0.426 e. The molecule has 2 aromatic rings. The molecule has 0 unspecified atom stereocenters. The highest BCUT2D eigenvalue weighted by atomic mass is 16.5. The number of anilines is 1. The molecule has 1 fully saturated rings. The van der Waals surface area contributed by atoms with Gasteiger partial charge in [0.1, 0.15) is 11.7 Å². The summed E-state index contributed by atoms with van der Waals surface area (Å²) in [6.07, 6.45) is 0. The summed E-state index contributed by atoms with van der Waals surface area (Å²) in [6.45, 7) is 5.51. The summed E-state index contributed by atoms with van der Waals surface area (Å²) in [5.74, 6) is -2.58. The number of nitrogens with zero attached hydrogens (tertiary/aromatic N) is 1. The SMILES string of the molecule is Cc1ccc(N2C(=O)[C@@H]3C(=O)Oc4ccccc4[C@H]3C(C)(C)C2=O)cc1. The molecule has 0 radical (unpaired) electrons. The normalized spacial score (nSPS) is 24.0. The van der Waals surface area contributed by atoms with Crippen molar-refractivity contribution in [1.29, 1.82) is 0 Å². The van der Waals surface area contributed by atoms with Gasteiger partial charge in [-0.1, -0.05) is 49.7 Å². The zero-order valence-electron chi connectivity index (χ0n) is 14.9. The molecule has 0 aliphatic carbocycles. The van der Waals surface area contributed by atoms with Crippen molar-refractivity contribution in [3.05, 3.63) is 59.7 Å². The van der Waals surface area contributed by atoms with Crippen molar-refractivity contribution in [2.75, 3.05) is 4.90 Å². The van der Waals surface area contributed by atoms with Crippen LogP contribution in [0.25, 0.3) is 0 Å². The first kappa shape index (κ1) is 16.5. The Morgan fingerprint density at radius 1 is 0.962 bits per heavy atom. The van der Waals surface area contributed by atoms with Gasteiger partial charge in [-0.3, -0.25) is 14.4 Å². The summed E-state index contributed by atoms with van der Waals surface area (Å²) in [5.41, 5.74) is 1.30. The van der Waals surface area contributed by atoms with Crippen molar-refractivity contribution in [2.45, 2.75) is 26.7 Å². The van der Waals surface area contributed by atoms with Crippen LogP contribution in [-0.2, 0) is 14.4 Å². The van der Waals surface area contributed by atoms with Crippen molar-refractivity contribution in [1.82, 2.24) is 0 Å². The minimum Gasteiger partial charge on any atom is -0.426 e. The first-order chi connectivity index (χ1) is 12.3. The molecule has 2 aromatic carbocycles. The molecule has 5 heteroatoms. The van der Waals surface area contributed by atoms with E-state index >= 15 is 0 Å². The molecule has 0 saturated carbocycles. The fraction of sp³-hybridized carbons (Fsp3) is 0.286. The van der Waals surface area contributed by atoms with E-state index in [0.29, 0.717) is 11.4 Å². The van der Waals surface area contributed by atoms with Gasteiger partial charge < -0.3 is 4.74 Å². The highest BCUT2D eigenvalue weighted by Crippen LogP contribution is 2.52. The number of benzene rings is 2. The van der Waals surface area contributed by atoms with Crippen LogP contribution in [0, 0.1) is 18.3 Å². The Labute approximate surface area is 151 Å². The molecule has 0 spiro atoms. The van der Waals surface area contributed by atoms with Crippen molar-refractivity contribution in [3.63, 3.8) is 0 Å². The molecule has 2 atom stereocenters. The Kier molecular flexibility index (Phi) is 3.51. The van der Waals surface area contributed by atoms with E-state index in [1.165, 1.54) is 0 Å². The number of piperidine rings is 1. The summed E-state index contributed by atoms with van der Waals surface area (Å²) >= 11 is 0. The minimum absolute atomic E-state index is 0.308. The van der Waals surface area contributed by atoms with Gasteiger partial charge in [-0.25, -0.2) is 4.90 Å². The van der Waals surface area contributed by atoms with E-state index in [9.17, 15) is 14.4 Å². The van der Waals surface area contributed by atoms with Crippen molar-refractivity contribution in [3.8, 4) is 5.75 Å². The maximum Gasteiger partial charge on any atom is 0.324 e. The van der Waals surface area contributed by atoms with Gasteiger partial charge in [0, 0.05) is 11.5 Å². The average Bonchev–Trinajstić information content (AvgIpc) is 2.61. The van der Waals surface area contributed by atoms with Crippen LogP contribution >= 0.6 is 0 Å². The number of hydrogen-bond donors (Lipinski definition) is 0. The number of aryl methyl sites for hydroxylation is 1. The third kappa shape index (κ3) is 2.20. The quantitative estimate of drug-likeness (QED) is 0.343. The van der Waals surface area contributed by atoms with Gasteiger partial charge in [0.05, 0.1) is 11.1 Å². The topological polar surface area (TPSA) is 63.7 Å². The Balaban J connectivity index is 1.87. The molecular formula is C21H19NO4. The van der Waals surface area contributed by atoms with Crippen molar-refractivity contribution >= 4 is 23.5 Å². The molecule has 2 aliphatic rings. The van der Waals surface area contributed by atoms with Crippen LogP contribution < -0.4 is 9.64 Å². The summed E-state index contributed by atoms with van der Waals surface area (Å²) < 4.78 is 5.41. The van der Waals surface area contributed by atoms with E-state index in [0.717, 1.165) is 16.0 Å². The third-order valence-corrected chi connectivity index (χ3v) is 5.36. The van der Waals surface area contributed by atoms with Gasteiger partial charge in [-0.05, 0) is 25.1 Å². The van der Waals surface area contributed by atoms with Gasteiger partial charge in [-0.15, -0.1) is 0 Å². The lowest BCUT2D eigenvalue weighted by atomic mass is 9.63. The molecular weight excluding hydrogens is 330 g/mol. The number of amides is 2. The number of ether oxygens (including phenoxy) is 1. The first-order valence-corrected chi connectivity index (χ1v) is 8.58. The first-order valence-electron chi connectivity index (χ1n) is 8.58. The Hall–Kier alpha value is -2.95. The fourth-order valence-corrected chi connectivity index (χ4v) is 3.97. The molecule has 0 aromatic heterocycles. The number of carbonyl (C=O) groups is 3. The van der Waals surface area contributed by atoms with E-state index in [1.807, 2.05) is 31.2 Å². The van der Waals surface area contributed by atoms with Crippen molar-refractivity contribution < 1.29 is 19.1 Å². The van der Waals surface area contributed by atoms with Crippen LogP contribution in [0.4, 0.5) is 5.69 Å². The molecule has 2 amide bonds. The molecule has 26 heavy (non-hydrogen) atoms. The monoisotopic (exact) mass is 349 g/mol. The number of imide groups is 1. The van der Waals surface area contributed by atoms with Crippen LogP contribution in [-0.4, -0.2) is 17.8 Å². The van der Waals surface area contributed by atoms with E-state index in [2.05, 4.69) is 0 Å². The minimum atomic E-state index is -1.03. The highest BCUT2D eigenvalue weighted by Gasteiger charge is 2.59. The lowest BCUT2D eigenvalue weighted by Crippen LogP contribution is -2.61. The van der Waals surface area contributed by atoms with E-state index in [4.69, 9.17) is 4.74 Å². The second kappa shape index (κ2) is 5.53. The van der Waals surface area contributed by atoms with Crippen LogP contribution in [0.1, 0.15) is 30.9 Å². The third-order valence-electron chi connectivity index (χ3n) is 5.36. The van der Waals surface area contributed by atoms with Gasteiger partial charge in [0.15, 0.2) is 0 Å². The van der Waals surface area contributed by atoms with Gasteiger partial charge >= 0.3 is 5.97 Å². The maximum absolute atomic E-state index is 13.3. The second-order valence-electron chi connectivity index (χ2n) is 7.45. The van der Waals surface area contributed by atoms with Gasteiger partial charge in [-0.2, -0.15) is 0 Å². The van der Waals surface area contributed by atoms with Crippen LogP contribution in [0.15, 0.2) is 48.5 Å². The predicted octanol–water partition coefficient (Wildman–Crippen LogP) is 3.21. The summed E-state index contributed by atoms with van der Waals surface area (Å²) in [6, 6.07) is 14.2. The molecule has 132 valence electrons. The Morgan fingerprint density at radius 2 is 1.62 bits per heavy atom. The molecule has 1 saturated heterocycles. The number of hydrogen-bond acceptors (Lipinski definition) is 4. The van der Waals surface area contributed by atoms with E-state index in [1.54, 1.807) is 38.1 Å².